The lowest BCUT2D eigenvalue weighted by Crippen LogP contribution is -2.63. The number of rotatable bonds is 2. The monoisotopic (exact) mass is 945 g/mol. The summed E-state index contributed by atoms with van der Waals surface area (Å²) in [5, 5.41) is 0. The molecule has 0 saturated heterocycles. The summed E-state index contributed by atoms with van der Waals surface area (Å²) in [6.07, 6.45) is 4.71. The number of fused-ring (bicyclic) bond motifs is 10. The molecule has 6 aliphatic rings. The average Bonchev–Trinajstić information content (AvgIpc) is 3.32. The van der Waals surface area contributed by atoms with Gasteiger partial charge in [0.1, 0.15) is 23.0 Å². The largest absolute Gasteiger partial charge is 0.458 e. The molecule has 0 atom stereocenters. The number of benzene rings is 7. The number of para-hydroxylation sites is 2. The third-order valence-corrected chi connectivity index (χ3v) is 18.4. The van der Waals surface area contributed by atoms with Crippen LogP contribution in [0.2, 0.25) is 0 Å². The number of ether oxygens (including phenoxy) is 2. The Hall–Kier alpha value is -6.13. The normalized spacial score (nSPS) is 18.8. The van der Waals surface area contributed by atoms with Crippen LogP contribution in [0.3, 0.4) is 0 Å². The molecule has 7 aromatic carbocycles. The van der Waals surface area contributed by atoms with Crippen LogP contribution in [0.4, 0.5) is 34.1 Å². The topological polar surface area (TPSA) is 24.9 Å². The summed E-state index contributed by atoms with van der Waals surface area (Å²) in [6, 6.07) is 47.3. The molecule has 4 aliphatic heterocycles. The molecule has 0 spiro atoms. The molecule has 6 heteroatoms. The third kappa shape index (κ3) is 6.58. The summed E-state index contributed by atoms with van der Waals surface area (Å²) >= 11 is 0. The summed E-state index contributed by atoms with van der Waals surface area (Å²) in [5.41, 5.74) is 23.2. The van der Waals surface area contributed by atoms with Crippen LogP contribution in [0.15, 0.2) is 121 Å². The second-order valence-electron chi connectivity index (χ2n) is 27.1. The van der Waals surface area contributed by atoms with Crippen molar-refractivity contribution >= 4 is 80.3 Å². The first-order chi connectivity index (χ1) is 33.9. The van der Waals surface area contributed by atoms with Gasteiger partial charge in [0.05, 0.1) is 0 Å². The molecule has 4 heterocycles. The van der Waals surface area contributed by atoms with Gasteiger partial charge in [0, 0.05) is 40.2 Å². The molecule has 4 nitrogen and oxygen atoms in total. The Kier molecular flexibility index (Phi) is 9.37. The Morgan fingerprint density at radius 3 is 1.14 bits per heavy atom. The molecule has 0 fully saturated rings. The highest BCUT2D eigenvalue weighted by atomic mass is 16.5. The van der Waals surface area contributed by atoms with Gasteiger partial charge in [-0.05, 0) is 185 Å². The first-order valence-corrected chi connectivity index (χ1v) is 26.9. The van der Waals surface area contributed by atoms with Crippen LogP contribution in [0.1, 0.15) is 156 Å². The SMILES string of the molecule is CC(C)(C)c1cc2c3c(c1)N(c1ccc4c(c1)C(C)(C)CCC4(C)C)c1ccccc1B3c1cc3c(cc1O2)Oc1cc(C(C)(C)C)cc2c1B3c1ccccc1N2c1ccc2c(c1)C(C)(C)CCC2(C)C. The van der Waals surface area contributed by atoms with E-state index < -0.39 is 0 Å². The van der Waals surface area contributed by atoms with E-state index in [9.17, 15) is 0 Å². The van der Waals surface area contributed by atoms with E-state index in [-0.39, 0.29) is 45.9 Å². The van der Waals surface area contributed by atoms with Crippen LogP contribution in [0, 0.1) is 0 Å². The number of anilines is 6. The fourth-order valence-corrected chi connectivity index (χ4v) is 13.7. The molecule has 0 radical (unpaired) electrons. The maximum absolute atomic E-state index is 7.36. The lowest BCUT2D eigenvalue weighted by molar-refractivity contribution is 0.332. The van der Waals surface area contributed by atoms with Crippen molar-refractivity contribution in [2.75, 3.05) is 9.80 Å². The molecular weight excluding hydrogens is 874 g/mol. The van der Waals surface area contributed by atoms with E-state index in [0.29, 0.717) is 0 Å². The van der Waals surface area contributed by atoms with Gasteiger partial charge in [0.15, 0.2) is 0 Å². The molecule has 0 amide bonds. The van der Waals surface area contributed by atoms with E-state index in [1.54, 1.807) is 0 Å². The molecule has 13 rings (SSSR count). The molecule has 0 N–H and O–H groups in total. The Labute approximate surface area is 430 Å². The summed E-state index contributed by atoms with van der Waals surface area (Å²) < 4.78 is 14.7. The minimum Gasteiger partial charge on any atom is -0.458 e. The molecule has 0 aromatic heterocycles. The second kappa shape index (κ2) is 14.8. The van der Waals surface area contributed by atoms with Gasteiger partial charge in [-0.3, -0.25) is 0 Å². The van der Waals surface area contributed by atoms with Gasteiger partial charge >= 0.3 is 0 Å². The lowest BCUT2D eigenvalue weighted by Gasteiger charge is -2.45. The van der Waals surface area contributed by atoms with E-state index in [4.69, 9.17) is 9.47 Å². The van der Waals surface area contributed by atoms with Crippen molar-refractivity contribution in [2.45, 2.75) is 155 Å². The zero-order valence-electron chi connectivity index (χ0n) is 45.2. The first-order valence-electron chi connectivity index (χ1n) is 26.9. The summed E-state index contributed by atoms with van der Waals surface area (Å²) in [4.78, 5) is 5.11. The van der Waals surface area contributed by atoms with E-state index >= 15 is 0 Å². The highest BCUT2D eigenvalue weighted by molar-refractivity contribution is 7.02. The van der Waals surface area contributed by atoms with Crippen molar-refractivity contribution in [3.05, 3.63) is 155 Å². The third-order valence-electron chi connectivity index (χ3n) is 18.4. The van der Waals surface area contributed by atoms with Crippen LogP contribution in [-0.2, 0) is 32.5 Å². The first kappa shape index (κ1) is 45.7. The smallest absolute Gasteiger partial charge is 0.256 e. The number of hydrogen-bond donors (Lipinski definition) is 0. The highest BCUT2D eigenvalue weighted by Gasteiger charge is 2.48. The molecule has 2 aliphatic carbocycles. The molecular formula is C66H70B2N2O2. The molecule has 0 bridgehead atoms. The second-order valence-corrected chi connectivity index (χ2v) is 27.1. The van der Waals surface area contributed by atoms with Crippen molar-refractivity contribution in [3.8, 4) is 23.0 Å². The highest BCUT2D eigenvalue weighted by Crippen LogP contribution is 2.52. The van der Waals surface area contributed by atoms with Gasteiger partial charge in [0.25, 0.3) is 13.4 Å². The predicted molar refractivity (Wildman–Crippen MR) is 306 cm³/mol. The van der Waals surface area contributed by atoms with Crippen LogP contribution in [0.25, 0.3) is 0 Å². The van der Waals surface area contributed by atoms with Gasteiger partial charge in [-0.1, -0.05) is 152 Å². The van der Waals surface area contributed by atoms with Crippen LogP contribution < -0.4 is 52.1 Å². The Bertz CT molecular complexity index is 3270. The van der Waals surface area contributed by atoms with Crippen molar-refractivity contribution in [1.29, 1.82) is 0 Å². The van der Waals surface area contributed by atoms with Gasteiger partial charge < -0.3 is 19.3 Å². The van der Waals surface area contributed by atoms with Gasteiger partial charge in [-0.25, -0.2) is 0 Å². The molecule has 0 unspecified atom stereocenters. The predicted octanol–water partition coefficient (Wildman–Crippen LogP) is 13.8. The molecule has 7 aromatic rings. The standard InChI is InChI=1S/C66H70B2N2O2/c1-61(2,3)39-31-53-59-57(33-39)71-55-38-56-50(37-49(55)67(59)47-19-15-17-21-51(47)69(53)41-23-25-43-45(35-41)65(11,12)29-27-63(43,7)8)68-48-20-16-18-22-52(48)70(54-32-40(62(4,5)6)34-58(72-56)60(54)68)42-24-26-44-46(36-42)66(13,14)30-28-64(44,9)10/h15-26,31-38H,27-30H2,1-14H3. The van der Waals surface area contributed by atoms with Gasteiger partial charge in [-0.2, -0.15) is 0 Å². The van der Waals surface area contributed by atoms with Crippen molar-refractivity contribution in [2.24, 2.45) is 0 Å². The van der Waals surface area contributed by atoms with Crippen molar-refractivity contribution in [1.82, 2.24) is 0 Å². The Morgan fingerprint density at radius 2 is 0.750 bits per heavy atom. The van der Waals surface area contributed by atoms with Gasteiger partial charge in [-0.15, -0.1) is 0 Å². The van der Waals surface area contributed by atoms with Crippen LogP contribution in [0.5, 0.6) is 23.0 Å². The average molecular weight is 945 g/mol. The van der Waals surface area contributed by atoms with Crippen LogP contribution in [-0.4, -0.2) is 13.4 Å². The molecule has 362 valence electrons. The fraction of sp³-hybridized carbons (Fsp3) is 0.364. The zero-order chi connectivity index (χ0) is 50.4. The maximum atomic E-state index is 7.36. The number of nitrogens with zero attached hydrogens (tertiary/aromatic N) is 2. The lowest BCUT2D eigenvalue weighted by atomic mass is 9.31. The minimum atomic E-state index is -0.117. The Balaban J connectivity index is 1.02. The van der Waals surface area contributed by atoms with E-state index in [1.807, 2.05) is 0 Å². The van der Waals surface area contributed by atoms with Crippen molar-refractivity contribution in [3.63, 3.8) is 0 Å². The minimum absolute atomic E-state index is 0.0545. The van der Waals surface area contributed by atoms with E-state index in [1.165, 1.54) is 126 Å². The zero-order valence-corrected chi connectivity index (χ0v) is 45.2. The van der Waals surface area contributed by atoms with E-state index in [2.05, 4.69) is 228 Å². The van der Waals surface area contributed by atoms with Gasteiger partial charge in [0.2, 0.25) is 0 Å². The van der Waals surface area contributed by atoms with Crippen molar-refractivity contribution < 1.29 is 9.47 Å². The fourth-order valence-electron chi connectivity index (χ4n) is 13.7. The summed E-state index contributed by atoms with van der Waals surface area (Å²) in [5.74, 6) is 3.59. The quantitative estimate of drug-likeness (QED) is 0.161. The molecule has 0 saturated carbocycles. The Morgan fingerprint density at radius 1 is 0.375 bits per heavy atom. The summed E-state index contributed by atoms with van der Waals surface area (Å²) in [7, 11) is 0. The van der Waals surface area contributed by atoms with Crippen LogP contribution >= 0.6 is 0 Å². The van der Waals surface area contributed by atoms with E-state index in [0.717, 1.165) is 23.0 Å². The maximum Gasteiger partial charge on any atom is 0.256 e. The summed E-state index contributed by atoms with van der Waals surface area (Å²) in [6.45, 7) is 33.2. The molecule has 72 heavy (non-hydrogen) atoms. The number of hydrogen-bond acceptors (Lipinski definition) is 4.